The summed E-state index contributed by atoms with van der Waals surface area (Å²) in [4.78, 5) is 11.2. The highest BCUT2D eigenvalue weighted by Crippen LogP contribution is 2.32. The van der Waals surface area contributed by atoms with Crippen LogP contribution in [0.15, 0.2) is 11.3 Å². The van der Waals surface area contributed by atoms with Gasteiger partial charge >= 0.3 is 0 Å². The first kappa shape index (κ1) is 12.2. The van der Waals surface area contributed by atoms with Crippen molar-refractivity contribution >= 4 is 5.78 Å². The van der Waals surface area contributed by atoms with E-state index in [0.717, 1.165) is 24.8 Å². The fraction of sp³-hybridized carbons (Fsp3) is 0.750. The Bertz CT molecular complexity index is 256. The van der Waals surface area contributed by atoms with Crippen molar-refractivity contribution in [1.29, 1.82) is 0 Å². The van der Waals surface area contributed by atoms with Crippen LogP contribution in [-0.2, 0) is 4.79 Å². The van der Waals surface area contributed by atoms with Crippen LogP contribution in [0.2, 0.25) is 0 Å². The van der Waals surface area contributed by atoms with Crippen molar-refractivity contribution in [2.45, 2.75) is 45.4 Å². The zero-order chi connectivity index (χ0) is 11.3. The highest BCUT2D eigenvalue weighted by molar-refractivity contribution is 5.96. The van der Waals surface area contributed by atoms with E-state index in [1.54, 1.807) is 0 Å². The Morgan fingerprint density at radius 1 is 1.33 bits per heavy atom. The minimum atomic E-state index is -0.135. The second-order valence-corrected chi connectivity index (χ2v) is 4.15. The van der Waals surface area contributed by atoms with Gasteiger partial charge in [-0.3, -0.25) is 4.79 Å². The Kier molecular flexibility index (Phi) is 4.82. The van der Waals surface area contributed by atoms with Crippen molar-refractivity contribution in [3.05, 3.63) is 11.3 Å². The molecule has 3 nitrogen and oxygen atoms in total. The molecule has 0 unspecified atom stereocenters. The van der Waals surface area contributed by atoms with E-state index in [2.05, 4.69) is 6.92 Å². The normalized spacial score (nSPS) is 18.7. The van der Waals surface area contributed by atoms with Gasteiger partial charge in [0.2, 0.25) is 0 Å². The van der Waals surface area contributed by atoms with Gasteiger partial charge < -0.3 is 10.2 Å². The molecule has 0 aliphatic heterocycles. The van der Waals surface area contributed by atoms with Gasteiger partial charge in [0, 0.05) is 13.0 Å². The number of rotatable bonds is 6. The van der Waals surface area contributed by atoms with Gasteiger partial charge in [-0.1, -0.05) is 19.8 Å². The van der Waals surface area contributed by atoms with Crippen LogP contribution in [0, 0.1) is 5.92 Å². The summed E-state index contributed by atoms with van der Waals surface area (Å²) in [6.07, 6.45) is 4.92. The molecule has 0 bridgehead atoms. The molecule has 1 aliphatic rings. The van der Waals surface area contributed by atoms with E-state index in [4.69, 9.17) is 5.11 Å². The molecule has 0 aromatic carbocycles. The summed E-state index contributed by atoms with van der Waals surface area (Å²) < 4.78 is 0. The van der Waals surface area contributed by atoms with Crippen LogP contribution in [-0.4, -0.2) is 22.6 Å². The van der Waals surface area contributed by atoms with Gasteiger partial charge in [0.05, 0.1) is 0 Å². The number of ketones is 1. The molecule has 0 fully saturated rings. The van der Waals surface area contributed by atoms with Crippen molar-refractivity contribution in [2.24, 2.45) is 5.92 Å². The molecule has 15 heavy (non-hydrogen) atoms. The van der Waals surface area contributed by atoms with E-state index in [1.807, 2.05) is 0 Å². The van der Waals surface area contributed by atoms with Crippen LogP contribution < -0.4 is 0 Å². The number of carbonyl (C=O) groups is 1. The van der Waals surface area contributed by atoms with Crippen LogP contribution in [0.5, 0.6) is 0 Å². The van der Waals surface area contributed by atoms with E-state index in [9.17, 15) is 9.90 Å². The first-order chi connectivity index (χ1) is 7.20. The first-order valence-corrected chi connectivity index (χ1v) is 5.76. The van der Waals surface area contributed by atoms with Crippen LogP contribution in [0.1, 0.15) is 45.4 Å². The lowest BCUT2D eigenvalue weighted by atomic mass is 9.90. The smallest absolute Gasteiger partial charge is 0.197 e. The molecule has 1 rings (SSSR count). The Balaban J connectivity index is 2.66. The van der Waals surface area contributed by atoms with E-state index in [1.165, 1.54) is 0 Å². The van der Waals surface area contributed by atoms with E-state index >= 15 is 0 Å². The summed E-state index contributed by atoms with van der Waals surface area (Å²) in [7, 11) is 0. The van der Waals surface area contributed by atoms with E-state index in [-0.39, 0.29) is 24.1 Å². The highest BCUT2D eigenvalue weighted by atomic mass is 16.3. The number of unbranched alkanes of at least 4 members (excludes halogenated alkanes) is 1. The molecule has 0 aromatic heterocycles. The van der Waals surface area contributed by atoms with Crippen molar-refractivity contribution in [1.82, 2.24) is 0 Å². The third kappa shape index (κ3) is 3.06. The lowest BCUT2D eigenvalue weighted by Gasteiger charge is -2.16. The predicted octanol–water partition coefficient (Wildman–Crippen LogP) is 2.35. The largest absolute Gasteiger partial charge is 0.504 e. The average Bonchev–Trinajstić information content (AvgIpc) is 2.55. The van der Waals surface area contributed by atoms with Gasteiger partial charge in [0.1, 0.15) is 0 Å². The minimum Gasteiger partial charge on any atom is -0.504 e. The van der Waals surface area contributed by atoms with Gasteiger partial charge in [-0.25, -0.2) is 0 Å². The zero-order valence-corrected chi connectivity index (χ0v) is 9.33. The van der Waals surface area contributed by atoms with Gasteiger partial charge in [-0.05, 0) is 30.8 Å². The van der Waals surface area contributed by atoms with Crippen molar-refractivity contribution < 1.29 is 15.0 Å². The standard InChI is InChI=1S/C12H20O3/c1-2-3-4-9(7-8-13)10-5-6-11(14)12(10)15/h9,13,15H,2-8H2,1H3/t9-/m1/s1. The summed E-state index contributed by atoms with van der Waals surface area (Å²) in [5, 5.41) is 18.6. The van der Waals surface area contributed by atoms with E-state index in [0.29, 0.717) is 19.3 Å². The van der Waals surface area contributed by atoms with Crippen LogP contribution in [0.3, 0.4) is 0 Å². The molecule has 0 saturated heterocycles. The minimum absolute atomic E-state index is 0.0236. The molecule has 0 spiro atoms. The molecule has 86 valence electrons. The highest BCUT2D eigenvalue weighted by Gasteiger charge is 2.27. The number of aliphatic hydroxyl groups excluding tert-OH is 2. The average molecular weight is 212 g/mol. The molecule has 1 aliphatic carbocycles. The summed E-state index contributed by atoms with van der Waals surface area (Å²) in [6.45, 7) is 2.24. The monoisotopic (exact) mass is 212 g/mol. The molecule has 0 radical (unpaired) electrons. The Morgan fingerprint density at radius 2 is 2.07 bits per heavy atom. The van der Waals surface area contributed by atoms with Crippen LogP contribution in [0.25, 0.3) is 0 Å². The summed E-state index contributed by atoms with van der Waals surface area (Å²) in [5.41, 5.74) is 0.877. The Hall–Kier alpha value is -0.830. The number of aliphatic hydroxyl groups is 2. The predicted molar refractivity (Wildman–Crippen MR) is 58.6 cm³/mol. The maximum absolute atomic E-state index is 11.2. The Morgan fingerprint density at radius 3 is 2.53 bits per heavy atom. The number of carbonyl (C=O) groups excluding carboxylic acids is 1. The van der Waals surface area contributed by atoms with Gasteiger partial charge in [0.15, 0.2) is 11.5 Å². The maximum Gasteiger partial charge on any atom is 0.197 e. The second kappa shape index (κ2) is 5.91. The molecular formula is C12H20O3. The number of hydrogen-bond donors (Lipinski definition) is 2. The zero-order valence-electron chi connectivity index (χ0n) is 9.33. The fourth-order valence-corrected chi connectivity index (χ4v) is 2.16. The van der Waals surface area contributed by atoms with E-state index < -0.39 is 0 Å². The third-order valence-corrected chi connectivity index (χ3v) is 3.07. The molecule has 0 aromatic rings. The molecule has 0 amide bonds. The number of allylic oxidation sites excluding steroid dienone is 2. The molecule has 0 heterocycles. The number of hydrogen-bond acceptors (Lipinski definition) is 3. The maximum atomic E-state index is 11.2. The van der Waals surface area contributed by atoms with Gasteiger partial charge in [-0.2, -0.15) is 0 Å². The quantitative estimate of drug-likeness (QED) is 0.710. The lowest BCUT2D eigenvalue weighted by Crippen LogP contribution is -2.08. The molecule has 3 heteroatoms. The third-order valence-electron chi connectivity index (χ3n) is 3.07. The molecule has 2 N–H and O–H groups in total. The first-order valence-electron chi connectivity index (χ1n) is 5.76. The van der Waals surface area contributed by atoms with Crippen molar-refractivity contribution in [3.63, 3.8) is 0 Å². The van der Waals surface area contributed by atoms with Gasteiger partial charge in [-0.15, -0.1) is 0 Å². The van der Waals surface area contributed by atoms with Gasteiger partial charge in [0.25, 0.3) is 0 Å². The SMILES string of the molecule is CCCC[C@H](CCO)C1=C(O)C(=O)CC1. The second-order valence-electron chi connectivity index (χ2n) is 4.15. The van der Waals surface area contributed by atoms with Crippen LogP contribution in [0.4, 0.5) is 0 Å². The summed E-state index contributed by atoms with van der Waals surface area (Å²) in [5.74, 6) is 0.0374. The fourth-order valence-electron chi connectivity index (χ4n) is 2.16. The van der Waals surface area contributed by atoms with Crippen LogP contribution >= 0.6 is 0 Å². The van der Waals surface area contributed by atoms with Crippen molar-refractivity contribution in [2.75, 3.05) is 6.61 Å². The molecule has 1 atom stereocenters. The summed E-state index contributed by atoms with van der Waals surface area (Å²) in [6, 6.07) is 0. The topological polar surface area (TPSA) is 57.5 Å². The Labute approximate surface area is 90.8 Å². The number of Topliss-reactive ketones (excluding diaryl/α,β-unsaturated/α-hetero) is 1. The van der Waals surface area contributed by atoms with Crippen molar-refractivity contribution in [3.8, 4) is 0 Å². The molecule has 0 saturated carbocycles. The summed E-state index contributed by atoms with van der Waals surface area (Å²) >= 11 is 0. The molecular weight excluding hydrogens is 192 g/mol. The lowest BCUT2D eigenvalue weighted by molar-refractivity contribution is -0.117.